The molecule has 0 radical (unpaired) electrons. The van der Waals surface area contributed by atoms with Crippen LogP contribution in [0.5, 0.6) is 0 Å². The predicted octanol–water partition coefficient (Wildman–Crippen LogP) is 2.72. The summed E-state index contributed by atoms with van der Waals surface area (Å²) in [5.41, 5.74) is -0.673. The first kappa shape index (κ1) is 25.4. The van der Waals surface area contributed by atoms with Gasteiger partial charge in [0.1, 0.15) is 11.1 Å². The van der Waals surface area contributed by atoms with Gasteiger partial charge in [0.25, 0.3) is 11.8 Å². The number of ether oxygens (including phenoxy) is 1. The maximum Gasteiger partial charge on any atom is 0.256 e. The molecule has 0 aromatic carbocycles. The van der Waals surface area contributed by atoms with Crippen molar-refractivity contribution in [3.05, 3.63) is 33.7 Å². The second kappa shape index (κ2) is 11.8. The monoisotopic (exact) mass is 460 g/mol. The summed E-state index contributed by atoms with van der Waals surface area (Å²) in [7, 11) is 0. The van der Waals surface area contributed by atoms with Crippen molar-refractivity contribution in [3.8, 4) is 0 Å². The van der Waals surface area contributed by atoms with Crippen LogP contribution in [0, 0.1) is 0 Å². The first-order valence-electron chi connectivity index (χ1n) is 12.5. The molecule has 1 saturated carbocycles. The van der Waals surface area contributed by atoms with Crippen LogP contribution in [0.1, 0.15) is 92.5 Å². The highest BCUT2D eigenvalue weighted by Gasteiger charge is 2.30. The summed E-state index contributed by atoms with van der Waals surface area (Å²) >= 11 is 0. The Balaban J connectivity index is 1.82. The van der Waals surface area contributed by atoms with Crippen molar-refractivity contribution >= 4 is 11.8 Å². The Kier molecular flexibility index (Phi) is 9.09. The van der Waals surface area contributed by atoms with Crippen LogP contribution in [0.15, 0.2) is 17.2 Å². The molecule has 0 bridgehead atoms. The van der Waals surface area contributed by atoms with Crippen molar-refractivity contribution in [1.82, 2.24) is 20.1 Å². The minimum atomic E-state index is -0.502. The lowest BCUT2D eigenvalue weighted by atomic mass is 9.95. The number of nitrogens with one attached hydrogen (secondary N) is 2. The topological polar surface area (TPSA) is 92.7 Å². The van der Waals surface area contributed by atoms with Crippen LogP contribution in [0.4, 0.5) is 0 Å². The highest BCUT2D eigenvalue weighted by molar-refractivity contribution is 5.99. The Hall–Kier alpha value is -2.19. The Morgan fingerprint density at radius 3 is 2.24 bits per heavy atom. The molecule has 8 heteroatoms. The van der Waals surface area contributed by atoms with Gasteiger partial charge in [-0.3, -0.25) is 19.3 Å². The molecule has 1 aromatic rings. The van der Waals surface area contributed by atoms with Gasteiger partial charge >= 0.3 is 0 Å². The number of carbonyl (C=O) groups is 2. The summed E-state index contributed by atoms with van der Waals surface area (Å²) in [6.07, 6.45) is 10.5. The molecule has 1 aliphatic carbocycles. The zero-order valence-corrected chi connectivity index (χ0v) is 20.5. The van der Waals surface area contributed by atoms with Crippen molar-refractivity contribution in [2.75, 3.05) is 39.4 Å². The zero-order chi connectivity index (χ0) is 23.8. The standard InChI is InChI=1S/C25H40N4O4/c1-4-5-11-26-23(31)20-16-28(19-9-7-6-8-10-19)17-21(22(20)30)24(32)27-18-25(2,3)29-12-14-33-15-13-29/h16-17,19H,4-15,18H2,1-3H3,(H,26,31)(H,27,32). The lowest BCUT2D eigenvalue weighted by Crippen LogP contribution is -2.55. The maximum absolute atomic E-state index is 13.2. The molecule has 2 aliphatic rings. The van der Waals surface area contributed by atoms with Gasteiger partial charge in [0, 0.05) is 50.2 Å². The third kappa shape index (κ3) is 6.67. The summed E-state index contributed by atoms with van der Waals surface area (Å²) in [5.74, 6) is -0.824. The second-order valence-corrected chi connectivity index (χ2v) is 9.86. The number of morpholine rings is 1. The third-order valence-corrected chi connectivity index (χ3v) is 6.90. The second-order valence-electron chi connectivity index (χ2n) is 9.86. The summed E-state index contributed by atoms with van der Waals surface area (Å²) in [5, 5.41) is 5.79. The van der Waals surface area contributed by atoms with Crippen LogP contribution >= 0.6 is 0 Å². The van der Waals surface area contributed by atoms with Crippen LogP contribution in [-0.4, -0.2) is 66.2 Å². The molecule has 1 aromatic heterocycles. The van der Waals surface area contributed by atoms with Crippen molar-refractivity contribution in [2.24, 2.45) is 0 Å². The van der Waals surface area contributed by atoms with Gasteiger partial charge in [0.15, 0.2) is 0 Å². The molecule has 33 heavy (non-hydrogen) atoms. The highest BCUT2D eigenvalue weighted by atomic mass is 16.5. The lowest BCUT2D eigenvalue weighted by molar-refractivity contribution is -0.00923. The lowest BCUT2D eigenvalue weighted by Gasteiger charge is -2.40. The smallest absolute Gasteiger partial charge is 0.256 e. The Labute approximate surface area is 197 Å². The molecular formula is C25H40N4O4. The Bertz CT molecular complexity index is 868. The van der Waals surface area contributed by atoms with Crippen molar-refractivity contribution in [1.29, 1.82) is 0 Å². The molecule has 2 heterocycles. The highest BCUT2D eigenvalue weighted by Crippen LogP contribution is 2.28. The molecule has 184 valence electrons. The number of nitrogens with zero attached hydrogens (tertiary/aromatic N) is 2. The van der Waals surface area contributed by atoms with Gasteiger partial charge in [0.2, 0.25) is 5.43 Å². The van der Waals surface area contributed by atoms with E-state index in [1.54, 1.807) is 12.4 Å². The van der Waals surface area contributed by atoms with Crippen LogP contribution in [0.2, 0.25) is 0 Å². The van der Waals surface area contributed by atoms with Gasteiger partial charge in [-0.1, -0.05) is 32.6 Å². The van der Waals surface area contributed by atoms with E-state index in [9.17, 15) is 14.4 Å². The van der Waals surface area contributed by atoms with Gasteiger partial charge in [0.05, 0.1) is 13.2 Å². The van der Waals surface area contributed by atoms with E-state index in [0.717, 1.165) is 51.6 Å². The average Bonchev–Trinajstić information content (AvgIpc) is 2.84. The maximum atomic E-state index is 13.2. The fraction of sp³-hybridized carbons (Fsp3) is 0.720. The molecule has 8 nitrogen and oxygen atoms in total. The number of hydrogen-bond acceptors (Lipinski definition) is 5. The van der Waals surface area contributed by atoms with Gasteiger partial charge in [-0.2, -0.15) is 0 Å². The molecule has 2 fully saturated rings. The summed E-state index contributed by atoms with van der Waals surface area (Å²) in [6.45, 7) is 10.1. The van der Waals surface area contributed by atoms with E-state index < -0.39 is 17.2 Å². The van der Waals surface area contributed by atoms with Gasteiger partial charge in [-0.15, -0.1) is 0 Å². The molecule has 0 spiro atoms. The van der Waals surface area contributed by atoms with Gasteiger partial charge < -0.3 is 19.9 Å². The number of amides is 2. The minimum Gasteiger partial charge on any atom is -0.379 e. The van der Waals surface area contributed by atoms with Crippen molar-refractivity contribution in [3.63, 3.8) is 0 Å². The Morgan fingerprint density at radius 2 is 1.64 bits per heavy atom. The first-order chi connectivity index (χ1) is 15.8. The molecule has 1 aliphatic heterocycles. The molecule has 1 saturated heterocycles. The van der Waals surface area contributed by atoms with Crippen LogP contribution in [0.25, 0.3) is 0 Å². The fourth-order valence-corrected chi connectivity index (χ4v) is 4.66. The van der Waals surface area contributed by atoms with Crippen LogP contribution in [-0.2, 0) is 4.74 Å². The largest absolute Gasteiger partial charge is 0.379 e. The fourth-order valence-electron chi connectivity index (χ4n) is 4.66. The van der Waals surface area contributed by atoms with Crippen molar-refractivity contribution in [2.45, 2.75) is 77.3 Å². The van der Waals surface area contributed by atoms with E-state index in [2.05, 4.69) is 29.4 Å². The molecule has 0 atom stereocenters. The third-order valence-electron chi connectivity index (χ3n) is 6.90. The summed E-state index contributed by atoms with van der Waals surface area (Å²) < 4.78 is 7.36. The van der Waals surface area contributed by atoms with E-state index >= 15 is 0 Å². The molecule has 2 N–H and O–H groups in total. The van der Waals surface area contributed by atoms with Gasteiger partial charge in [-0.05, 0) is 33.1 Å². The van der Waals surface area contributed by atoms with Gasteiger partial charge in [-0.25, -0.2) is 0 Å². The zero-order valence-electron chi connectivity index (χ0n) is 20.5. The minimum absolute atomic E-state index is 0.0430. The number of pyridine rings is 1. The molecular weight excluding hydrogens is 420 g/mol. The van der Waals surface area contributed by atoms with Crippen LogP contribution < -0.4 is 16.1 Å². The van der Waals surface area contributed by atoms with Crippen LogP contribution in [0.3, 0.4) is 0 Å². The number of carbonyl (C=O) groups excluding carboxylic acids is 2. The normalized spacial score (nSPS) is 18.2. The van der Waals surface area contributed by atoms with E-state index in [0.29, 0.717) is 26.3 Å². The quantitative estimate of drug-likeness (QED) is 0.553. The predicted molar refractivity (Wildman–Crippen MR) is 129 cm³/mol. The number of aromatic nitrogens is 1. The molecule has 2 amide bonds. The van der Waals surface area contributed by atoms with E-state index in [-0.39, 0.29) is 22.7 Å². The first-order valence-corrected chi connectivity index (χ1v) is 12.5. The van der Waals surface area contributed by atoms with E-state index in [4.69, 9.17) is 4.74 Å². The van der Waals surface area contributed by atoms with Crippen molar-refractivity contribution < 1.29 is 14.3 Å². The summed E-state index contributed by atoms with van der Waals surface area (Å²) in [6, 6.07) is 0.206. The van der Waals surface area contributed by atoms with E-state index in [1.807, 2.05) is 11.5 Å². The average molecular weight is 461 g/mol. The van der Waals surface area contributed by atoms with E-state index in [1.165, 1.54) is 6.42 Å². The number of hydrogen-bond donors (Lipinski definition) is 2. The molecule has 0 unspecified atom stereocenters. The molecule has 3 rings (SSSR count). The Morgan fingerprint density at radius 1 is 1.03 bits per heavy atom. The number of unbranched alkanes of at least 4 members (excludes halogenated alkanes) is 1. The SMILES string of the molecule is CCCCNC(=O)c1cn(C2CCCCC2)cc(C(=O)NCC(C)(C)N2CCOCC2)c1=O. The number of rotatable bonds is 9. The summed E-state index contributed by atoms with van der Waals surface area (Å²) in [4.78, 5) is 41.4.